The molecule has 0 aromatic carbocycles. The lowest BCUT2D eigenvalue weighted by Crippen LogP contribution is -1.80. The largest absolute Gasteiger partial charge is 0.198 e. The summed E-state index contributed by atoms with van der Waals surface area (Å²) in [6.07, 6.45) is 4.73. The van der Waals surface area contributed by atoms with Crippen LogP contribution in [0.5, 0.6) is 0 Å². The van der Waals surface area contributed by atoms with Crippen LogP contribution in [0.25, 0.3) is 0 Å². The molecule has 0 aliphatic rings. The Morgan fingerprint density at radius 3 is 2.88 bits per heavy atom. The first-order valence-electron chi connectivity index (χ1n) is 2.70. The summed E-state index contributed by atoms with van der Waals surface area (Å²) in [5, 5.41) is 8.20. The van der Waals surface area contributed by atoms with Crippen molar-refractivity contribution in [2.75, 3.05) is 0 Å². The van der Waals surface area contributed by atoms with E-state index in [1.54, 1.807) is 6.08 Å². The molecule has 1 atom stereocenters. The minimum absolute atomic E-state index is 0.171. The van der Waals surface area contributed by atoms with Crippen molar-refractivity contribution in [1.82, 2.24) is 0 Å². The minimum Gasteiger partial charge on any atom is -0.198 e. The Balaban J connectivity index is 3.40. The molecule has 0 aromatic heterocycles. The molecule has 0 saturated heterocycles. The van der Waals surface area contributed by atoms with Gasteiger partial charge < -0.3 is 0 Å². The van der Waals surface area contributed by atoms with Crippen LogP contribution in [-0.4, -0.2) is 0 Å². The Hall–Kier alpha value is -0.770. The molecule has 0 N–H and O–H groups in total. The third-order valence-electron chi connectivity index (χ3n) is 0.770. The Kier molecular flexibility index (Phi) is 3.97. The lowest BCUT2D eigenvalue weighted by molar-refractivity contribution is 1.05. The van der Waals surface area contributed by atoms with Crippen molar-refractivity contribution >= 4 is 0 Å². The molecule has 43 valence electrons. The zero-order chi connectivity index (χ0) is 6.41. The quantitative estimate of drug-likeness (QED) is 0.496. The van der Waals surface area contributed by atoms with Crippen molar-refractivity contribution in [3.8, 4) is 6.07 Å². The molecule has 8 heavy (non-hydrogen) atoms. The van der Waals surface area contributed by atoms with Crippen molar-refractivity contribution in [1.29, 1.82) is 5.26 Å². The lowest BCUT2D eigenvalue weighted by atomic mass is 10.2. The van der Waals surface area contributed by atoms with Crippen LogP contribution in [0.2, 0.25) is 0 Å². The van der Waals surface area contributed by atoms with Crippen LogP contribution in [-0.2, 0) is 0 Å². The molecule has 0 aromatic rings. The minimum atomic E-state index is -0.171. The van der Waals surface area contributed by atoms with Gasteiger partial charge in [-0.25, -0.2) is 0 Å². The maximum atomic E-state index is 8.20. The molecule has 0 saturated carbocycles. The summed E-state index contributed by atoms with van der Waals surface area (Å²) in [6, 6.07) is 2.00. The molecule has 0 rings (SSSR count). The second-order valence-corrected chi connectivity index (χ2v) is 1.57. The zero-order valence-corrected chi connectivity index (χ0v) is 5.09. The second-order valence-electron chi connectivity index (χ2n) is 1.57. The van der Waals surface area contributed by atoms with E-state index in [0.29, 0.717) is 0 Å². The fourth-order valence-corrected chi connectivity index (χ4v) is 0.343. The maximum Gasteiger partial charge on any atom is 0.0697 e. The summed E-state index contributed by atoms with van der Waals surface area (Å²) in [7, 11) is 0. The fourth-order valence-electron chi connectivity index (χ4n) is 0.343. The Morgan fingerprint density at radius 2 is 2.50 bits per heavy atom. The van der Waals surface area contributed by atoms with Gasteiger partial charge in [0.25, 0.3) is 0 Å². The number of hydrogen-bond donors (Lipinski definition) is 0. The first-order valence-corrected chi connectivity index (χ1v) is 2.70. The highest BCUT2D eigenvalue weighted by molar-refractivity contribution is 5.00. The molecule has 0 aliphatic carbocycles. The molecule has 0 spiro atoms. The predicted molar refractivity (Wildman–Crippen MR) is 33.9 cm³/mol. The van der Waals surface area contributed by atoms with Crippen molar-refractivity contribution in [3.63, 3.8) is 0 Å². The molecule has 1 unspecified atom stereocenters. The summed E-state index contributed by atoms with van der Waals surface area (Å²) >= 11 is 0. The van der Waals surface area contributed by atoms with Gasteiger partial charge in [0.15, 0.2) is 0 Å². The van der Waals surface area contributed by atoms with Crippen LogP contribution < -0.4 is 0 Å². The van der Waals surface area contributed by atoms with E-state index >= 15 is 0 Å². The molecule has 0 fully saturated rings. The van der Waals surface area contributed by atoms with Crippen LogP contribution in [0.15, 0.2) is 12.2 Å². The summed E-state index contributed by atoms with van der Waals surface area (Å²) in [5.74, 6) is -0.171. The second kappa shape index (κ2) is 4.39. The first kappa shape index (κ1) is 7.23. The van der Waals surface area contributed by atoms with E-state index < -0.39 is 0 Å². The van der Waals surface area contributed by atoms with Gasteiger partial charge >= 0.3 is 0 Å². The van der Waals surface area contributed by atoms with Gasteiger partial charge in [-0.2, -0.15) is 5.26 Å². The van der Waals surface area contributed by atoms with Gasteiger partial charge in [-0.05, 0) is 13.3 Å². The van der Waals surface area contributed by atoms with Gasteiger partial charge in [0.2, 0.25) is 0 Å². The number of hydrogen-bond acceptors (Lipinski definition) is 1. The average molecular weight is 108 g/mol. The molecule has 0 heterocycles. The predicted octanol–water partition coefficient (Wildman–Crippen LogP) is 1.93. The third kappa shape index (κ3) is 3.42. The number of nitrogens with zero attached hydrogens (tertiary/aromatic N) is 1. The normalized spacial score (nSPS) is 13.6. The van der Waals surface area contributed by atoms with Crippen molar-refractivity contribution in [3.05, 3.63) is 19.1 Å². The van der Waals surface area contributed by atoms with Gasteiger partial charge in [-0.15, -0.1) is 0 Å². The van der Waals surface area contributed by atoms with Crippen LogP contribution in [0.3, 0.4) is 0 Å². The Labute approximate surface area is 50.6 Å². The number of allylic oxidation sites excluding steroid dienone is 2. The number of nitriles is 1. The maximum absolute atomic E-state index is 8.20. The Morgan fingerprint density at radius 1 is 1.88 bits per heavy atom. The van der Waals surface area contributed by atoms with E-state index in [1.165, 1.54) is 0 Å². The molecule has 0 amide bonds. The summed E-state index contributed by atoms with van der Waals surface area (Å²) < 4.78 is 0. The first-order chi connectivity index (χ1) is 3.81. The van der Waals surface area contributed by atoms with E-state index in [-0.39, 0.29) is 5.92 Å². The molecule has 1 nitrogen and oxygen atoms in total. The van der Waals surface area contributed by atoms with Gasteiger partial charge in [0.1, 0.15) is 0 Å². The topological polar surface area (TPSA) is 23.8 Å². The van der Waals surface area contributed by atoms with Gasteiger partial charge in [-0.3, -0.25) is 0 Å². The van der Waals surface area contributed by atoms with Crippen LogP contribution in [0, 0.1) is 24.2 Å². The molecule has 1 heteroatoms. The molecular formula is C7H10N. The summed E-state index contributed by atoms with van der Waals surface area (Å²) in [5.41, 5.74) is 0. The smallest absolute Gasteiger partial charge is 0.0697 e. The SMILES string of the molecule is [CH2]C(C#N)C=CCC. The van der Waals surface area contributed by atoms with Crippen LogP contribution in [0.1, 0.15) is 13.3 Å². The van der Waals surface area contributed by atoms with E-state index in [0.717, 1.165) is 6.42 Å². The van der Waals surface area contributed by atoms with Crippen LogP contribution in [0.4, 0.5) is 0 Å². The molecule has 1 radical (unpaired) electrons. The van der Waals surface area contributed by atoms with Crippen molar-refractivity contribution < 1.29 is 0 Å². The van der Waals surface area contributed by atoms with E-state index in [2.05, 4.69) is 6.92 Å². The monoisotopic (exact) mass is 108 g/mol. The molecule has 0 aliphatic heterocycles. The third-order valence-corrected chi connectivity index (χ3v) is 0.770. The number of rotatable bonds is 2. The zero-order valence-electron chi connectivity index (χ0n) is 5.09. The van der Waals surface area contributed by atoms with E-state index in [9.17, 15) is 0 Å². The van der Waals surface area contributed by atoms with Crippen molar-refractivity contribution in [2.45, 2.75) is 13.3 Å². The van der Waals surface area contributed by atoms with Crippen molar-refractivity contribution in [2.24, 2.45) is 5.92 Å². The average Bonchev–Trinajstić information content (AvgIpc) is 1.83. The Bertz CT molecular complexity index is 108. The highest BCUT2D eigenvalue weighted by Gasteiger charge is 1.86. The summed E-state index contributed by atoms with van der Waals surface area (Å²) in [4.78, 5) is 0. The van der Waals surface area contributed by atoms with Gasteiger partial charge in [-0.1, -0.05) is 19.1 Å². The molecule has 0 bridgehead atoms. The van der Waals surface area contributed by atoms with E-state index in [4.69, 9.17) is 5.26 Å². The van der Waals surface area contributed by atoms with Gasteiger partial charge in [0, 0.05) is 0 Å². The highest BCUT2D eigenvalue weighted by atomic mass is 14.2. The highest BCUT2D eigenvalue weighted by Crippen LogP contribution is 1.93. The lowest BCUT2D eigenvalue weighted by Gasteiger charge is -1.85. The van der Waals surface area contributed by atoms with Crippen LogP contribution >= 0.6 is 0 Å². The van der Waals surface area contributed by atoms with Gasteiger partial charge in [0.05, 0.1) is 12.0 Å². The molecular weight excluding hydrogens is 98.1 g/mol. The van der Waals surface area contributed by atoms with E-state index in [1.807, 2.05) is 19.1 Å². The summed E-state index contributed by atoms with van der Waals surface area (Å²) in [6.45, 7) is 5.57. The standard InChI is InChI=1S/C7H10N/c1-3-4-5-7(2)6-8/h4-5,7H,2-3H2,1H3. The fraction of sp³-hybridized carbons (Fsp3) is 0.429.